The molecular weight excluding hydrogens is 232 g/mol. The van der Waals surface area contributed by atoms with E-state index in [2.05, 4.69) is 5.32 Å². The molecule has 1 rings (SSSR count). The molecule has 0 bridgehead atoms. The van der Waals surface area contributed by atoms with Crippen LogP contribution < -0.4 is 11.1 Å². The highest BCUT2D eigenvalue weighted by Gasteiger charge is 2.15. The summed E-state index contributed by atoms with van der Waals surface area (Å²) in [6.45, 7) is 1.37. The van der Waals surface area contributed by atoms with E-state index in [1.807, 2.05) is 0 Å². The van der Waals surface area contributed by atoms with Crippen LogP contribution in [0.2, 0.25) is 5.02 Å². The maximum absolute atomic E-state index is 11.6. The summed E-state index contributed by atoms with van der Waals surface area (Å²) in [5, 5.41) is 11.2. The minimum atomic E-state index is -1.11. The number of nitrogen functional groups attached to an aromatic ring is 1. The quantitative estimate of drug-likeness (QED) is 0.693. The minimum Gasteiger partial charge on any atom is -0.480 e. The van der Waals surface area contributed by atoms with Crippen molar-refractivity contribution in [3.8, 4) is 0 Å². The molecule has 0 radical (unpaired) electrons. The molecule has 6 heteroatoms. The monoisotopic (exact) mass is 242 g/mol. The van der Waals surface area contributed by atoms with E-state index >= 15 is 0 Å². The summed E-state index contributed by atoms with van der Waals surface area (Å²) in [6, 6.07) is 3.38. The first-order valence-electron chi connectivity index (χ1n) is 4.50. The topological polar surface area (TPSA) is 92.4 Å². The van der Waals surface area contributed by atoms with Crippen molar-refractivity contribution in [3.05, 3.63) is 28.8 Å². The van der Waals surface area contributed by atoms with Gasteiger partial charge in [0.2, 0.25) is 0 Å². The van der Waals surface area contributed by atoms with E-state index in [1.54, 1.807) is 0 Å². The largest absolute Gasteiger partial charge is 0.480 e. The van der Waals surface area contributed by atoms with E-state index < -0.39 is 17.9 Å². The molecule has 1 aromatic carbocycles. The van der Waals surface area contributed by atoms with Crippen LogP contribution in [0.4, 0.5) is 5.69 Å². The summed E-state index contributed by atoms with van der Waals surface area (Å²) < 4.78 is 0. The molecule has 0 unspecified atom stereocenters. The standard InChI is InChI=1S/C10H11ClN2O3/c1-5(10(15)16)13-9(14)6-2-7(11)4-8(12)3-6/h2-5H,12H2,1H3,(H,13,14)(H,15,16)/t5-/m0/s1. The fourth-order valence-electron chi connectivity index (χ4n) is 1.09. The third-order valence-electron chi connectivity index (χ3n) is 1.90. The fraction of sp³-hybridized carbons (Fsp3) is 0.200. The number of rotatable bonds is 3. The first-order valence-corrected chi connectivity index (χ1v) is 4.87. The second-order valence-corrected chi connectivity index (χ2v) is 3.74. The molecule has 4 N–H and O–H groups in total. The highest BCUT2D eigenvalue weighted by atomic mass is 35.5. The Labute approximate surface area is 97.2 Å². The number of hydrogen-bond donors (Lipinski definition) is 3. The van der Waals surface area contributed by atoms with Crippen LogP contribution in [0, 0.1) is 0 Å². The zero-order chi connectivity index (χ0) is 12.3. The summed E-state index contributed by atoms with van der Waals surface area (Å²) in [4.78, 5) is 22.1. The van der Waals surface area contributed by atoms with Crippen LogP contribution in [0.15, 0.2) is 18.2 Å². The predicted molar refractivity (Wildman–Crippen MR) is 60.4 cm³/mol. The molecule has 0 aliphatic carbocycles. The fourth-order valence-corrected chi connectivity index (χ4v) is 1.33. The Hall–Kier alpha value is -1.75. The Morgan fingerprint density at radius 1 is 1.44 bits per heavy atom. The van der Waals surface area contributed by atoms with Crippen molar-refractivity contribution >= 4 is 29.2 Å². The molecule has 0 saturated carbocycles. The molecule has 1 aromatic rings. The first kappa shape index (κ1) is 12.3. The van der Waals surface area contributed by atoms with Crippen LogP contribution in [0.5, 0.6) is 0 Å². The minimum absolute atomic E-state index is 0.234. The molecule has 0 aliphatic rings. The number of anilines is 1. The summed E-state index contributed by atoms with van der Waals surface area (Å²) in [6.07, 6.45) is 0. The lowest BCUT2D eigenvalue weighted by Gasteiger charge is -2.09. The van der Waals surface area contributed by atoms with Gasteiger partial charge in [-0.05, 0) is 25.1 Å². The van der Waals surface area contributed by atoms with Crippen molar-refractivity contribution in [3.63, 3.8) is 0 Å². The Bertz CT molecular complexity index is 414. The Kier molecular flexibility index (Phi) is 3.73. The van der Waals surface area contributed by atoms with Gasteiger partial charge in [-0.15, -0.1) is 0 Å². The van der Waals surface area contributed by atoms with Crippen molar-refractivity contribution in [1.29, 1.82) is 0 Å². The van der Waals surface area contributed by atoms with Crippen molar-refractivity contribution in [1.82, 2.24) is 5.32 Å². The number of hydrogen-bond acceptors (Lipinski definition) is 3. The molecule has 1 atom stereocenters. The average Bonchev–Trinajstić information content (AvgIpc) is 2.15. The number of amides is 1. The van der Waals surface area contributed by atoms with Gasteiger partial charge in [0.25, 0.3) is 5.91 Å². The lowest BCUT2D eigenvalue weighted by atomic mass is 10.2. The normalized spacial score (nSPS) is 11.9. The van der Waals surface area contributed by atoms with Crippen LogP contribution in [0.25, 0.3) is 0 Å². The number of carbonyl (C=O) groups is 2. The molecule has 86 valence electrons. The molecule has 0 fully saturated rings. The van der Waals surface area contributed by atoms with Crippen molar-refractivity contribution in [2.75, 3.05) is 5.73 Å². The third-order valence-corrected chi connectivity index (χ3v) is 2.12. The second kappa shape index (κ2) is 4.85. The maximum Gasteiger partial charge on any atom is 0.325 e. The number of carboxylic acids is 1. The average molecular weight is 243 g/mol. The van der Waals surface area contributed by atoms with E-state index in [0.717, 1.165) is 0 Å². The van der Waals surface area contributed by atoms with Gasteiger partial charge in [-0.1, -0.05) is 11.6 Å². The highest BCUT2D eigenvalue weighted by molar-refractivity contribution is 6.31. The van der Waals surface area contributed by atoms with Gasteiger partial charge in [0, 0.05) is 16.3 Å². The lowest BCUT2D eigenvalue weighted by molar-refractivity contribution is -0.138. The van der Waals surface area contributed by atoms with Gasteiger partial charge in [0.15, 0.2) is 0 Å². The Morgan fingerprint density at radius 3 is 2.56 bits per heavy atom. The van der Waals surface area contributed by atoms with E-state index in [4.69, 9.17) is 22.4 Å². The molecule has 0 aliphatic heterocycles. The highest BCUT2D eigenvalue weighted by Crippen LogP contribution is 2.16. The number of carboxylic acid groups (broad SMARTS) is 1. The van der Waals surface area contributed by atoms with E-state index in [0.29, 0.717) is 10.7 Å². The summed E-state index contributed by atoms with van der Waals surface area (Å²) in [7, 11) is 0. The number of aliphatic carboxylic acids is 1. The maximum atomic E-state index is 11.6. The third kappa shape index (κ3) is 3.13. The number of nitrogens with two attached hydrogens (primary N) is 1. The molecule has 16 heavy (non-hydrogen) atoms. The van der Waals surface area contributed by atoms with Gasteiger partial charge in [-0.25, -0.2) is 0 Å². The molecular formula is C10H11ClN2O3. The smallest absolute Gasteiger partial charge is 0.325 e. The van der Waals surface area contributed by atoms with E-state index in [1.165, 1.54) is 25.1 Å². The van der Waals surface area contributed by atoms with Gasteiger partial charge in [-0.3, -0.25) is 9.59 Å². The SMILES string of the molecule is C[C@H](NC(=O)c1cc(N)cc(Cl)c1)C(=O)O. The first-order chi connectivity index (χ1) is 7.40. The van der Waals surface area contributed by atoms with E-state index in [-0.39, 0.29) is 5.56 Å². The van der Waals surface area contributed by atoms with Crippen LogP contribution in [0.1, 0.15) is 17.3 Å². The van der Waals surface area contributed by atoms with Gasteiger partial charge < -0.3 is 16.2 Å². The van der Waals surface area contributed by atoms with Gasteiger partial charge in [0.05, 0.1) is 0 Å². The Balaban J connectivity index is 2.84. The summed E-state index contributed by atoms with van der Waals surface area (Å²) in [5.41, 5.74) is 6.09. The van der Waals surface area contributed by atoms with Crippen LogP contribution >= 0.6 is 11.6 Å². The zero-order valence-electron chi connectivity index (χ0n) is 8.53. The van der Waals surface area contributed by atoms with E-state index in [9.17, 15) is 9.59 Å². The van der Waals surface area contributed by atoms with Crippen molar-refractivity contribution < 1.29 is 14.7 Å². The number of carbonyl (C=O) groups excluding carboxylic acids is 1. The van der Waals surface area contributed by atoms with Crippen molar-refractivity contribution in [2.24, 2.45) is 0 Å². The van der Waals surface area contributed by atoms with Crippen LogP contribution in [-0.4, -0.2) is 23.0 Å². The van der Waals surface area contributed by atoms with Crippen molar-refractivity contribution in [2.45, 2.75) is 13.0 Å². The molecule has 0 spiro atoms. The molecule has 0 saturated heterocycles. The summed E-state index contributed by atoms with van der Waals surface area (Å²) >= 11 is 5.72. The number of benzene rings is 1. The molecule has 5 nitrogen and oxygen atoms in total. The number of halogens is 1. The molecule has 0 heterocycles. The molecule has 0 aromatic heterocycles. The zero-order valence-corrected chi connectivity index (χ0v) is 9.28. The predicted octanol–water partition coefficient (Wildman–Crippen LogP) is 1.13. The van der Waals surface area contributed by atoms with Crippen LogP contribution in [0.3, 0.4) is 0 Å². The van der Waals surface area contributed by atoms with Crippen LogP contribution in [-0.2, 0) is 4.79 Å². The van der Waals surface area contributed by atoms with Gasteiger partial charge in [0.1, 0.15) is 6.04 Å². The number of nitrogens with one attached hydrogen (secondary N) is 1. The van der Waals surface area contributed by atoms with Gasteiger partial charge >= 0.3 is 5.97 Å². The second-order valence-electron chi connectivity index (χ2n) is 3.31. The van der Waals surface area contributed by atoms with Gasteiger partial charge in [-0.2, -0.15) is 0 Å². The Morgan fingerprint density at radius 2 is 2.06 bits per heavy atom. The molecule has 1 amide bonds. The lowest BCUT2D eigenvalue weighted by Crippen LogP contribution is -2.38. The summed E-state index contributed by atoms with van der Waals surface area (Å²) in [5.74, 6) is -1.63.